The van der Waals surface area contributed by atoms with Crippen LogP contribution in [-0.2, 0) is 24.3 Å². The number of likely N-dealkylation sites (tertiary alicyclic amines) is 1. The van der Waals surface area contributed by atoms with Crippen LogP contribution in [0.15, 0.2) is 0 Å². The first-order chi connectivity index (χ1) is 9.21. The number of hydrogen-bond donors (Lipinski definition) is 0. The van der Waals surface area contributed by atoms with Gasteiger partial charge in [-0.25, -0.2) is 0 Å². The van der Waals surface area contributed by atoms with Crippen LogP contribution in [0.4, 0.5) is 0 Å². The van der Waals surface area contributed by atoms with Crippen LogP contribution in [0.2, 0.25) is 5.02 Å². The summed E-state index contributed by atoms with van der Waals surface area (Å²) in [5.74, 6) is 0. The summed E-state index contributed by atoms with van der Waals surface area (Å²) in [5.41, 5.74) is 2.01. The Kier molecular flexibility index (Phi) is 4.99. The van der Waals surface area contributed by atoms with E-state index in [9.17, 15) is 4.79 Å². The Morgan fingerprint density at radius 2 is 2.21 bits per heavy atom. The second-order valence-corrected chi connectivity index (χ2v) is 5.42. The third-order valence-electron chi connectivity index (χ3n) is 3.87. The SMILES string of the molecule is CCc1nn(CC)c(CN2CCCCC2C=O)c1Cl. The molecule has 5 heteroatoms. The van der Waals surface area contributed by atoms with E-state index in [0.29, 0.717) is 0 Å². The van der Waals surface area contributed by atoms with Crippen molar-refractivity contribution < 1.29 is 4.79 Å². The smallest absolute Gasteiger partial charge is 0.137 e. The summed E-state index contributed by atoms with van der Waals surface area (Å²) in [6, 6.07) is 0.0371. The Labute approximate surface area is 119 Å². The number of nitrogens with zero attached hydrogens (tertiary/aromatic N) is 3. The predicted octanol–water partition coefficient (Wildman–Crippen LogP) is 2.67. The van der Waals surface area contributed by atoms with Crippen molar-refractivity contribution >= 4 is 17.9 Å². The van der Waals surface area contributed by atoms with Gasteiger partial charge in [0.05, 0.1) is 22.5 Å². The van der Waals surface area contributed by atoms with Gasteiger partial charge in [-0.1, -0.05) is 24.9 Å². The second-order valence-electron chi connectivity index (χ2n) is 5.05. The molecule has 19 heavy (non-hydrogen) atoms. The van der Waals surface area contributed by atoms with Crippen molar-refractivity contribution in [2.45, 2.75) is 58.7 Å². The van der Waals surface area contributed by atoms with Crippen LogP contribution in [-0.4, -0.2) is 33.6 Å². The molecule has 1 unspecified atom stereocenters. The van der Waals surface area contributed by atoms with Crippen LogP contribution in [0.5, 0.6) is 0 Å². The Morgan fingerprint density at radius 1 is 1.42 bits per heavy atom. The Morgan fingerprint density at radius 3 is 2.84 bits per heavy atom. The number of hydrogen-bond acceptors (Lipinski definition) is 3. The van der Waals surface area contributed by atoms with Gasteiger partial charge in [0.15, 0.2) is 0 Å². The quantitative estimate of drug-likeness (QED) is 0.780. The van der Waals surface area contributed by atoms with Gasteiger partial charge >= 0.3 is 0 Å². The fourth-order valence-electron chi connectivity index (χ4n) is 2.73. The standard InChI is InChI=1S/C14H22ClN3O/c1-3-12-14(15)13(18(4-2)16-12)9-17-8-6-5-7-11(17)10-19/h10-11H,3-9H2,1-2H3. The van der Waals surface area contributed by atoms with E-state index < -0.39 is 0 Å². The fourth-order valence-corrected chi connectivity index (χ4v) is 3.06. The number of halogens is 1. The highest BCUT2D eigenvalue weighted by atomic mass is 35.5. The molecule has 0 aromatic carbocycles. The van der Waals surface area contributed by atoms with Crippen molar-refractivity contribution in [3.05, 3.63) is 16.4 Å². The molecule has 0 saturated carbocycles. The molecule has 1 aromatic heterocycles. The van der Waals surface area contributed by atoms with Gasteiger partial charge in [-0.3, -0.25) is 9.58 Å². The van der Waals surface area contributed by atoms with Gasteiger partial charge in [0.25, 0.3) is 0 Å². The minimum absolute atomic E-state index is 0.0371. The summed E-state index contributed by atoms with van der Waals surface area (Å²) in [4.78, 5) is 13.4. The Balaban J connectivity index is 2.21. The molecule has 1 saturated heterocycles. The molecule has 1 fully saturated rings. The molecular weight excluding hydrogens is 262 g/mol. The van der Waals surface area contributed by atoms with Gasteiger partial charge in [-0.05, 0) is 32.7 Å². The largest absolute Gasteiger partial charge is 0.302 e. The lowest BCUT2D eigenvalue weighted by molar-refractivity contribution is -0.113. The van der Waals surface area contributed by atoms with Crippen molar-refractivity contribution in [1.29, 1.82) is 0 Å². The second kappa shape index (κ2) is 6.53. The number of aldehydes is 1. The van der Waals surface area contributed by atoms with E-state index in [2.05, 4.69) is 23.8 Å². The number of carbonyl (C=O) groups is 1. The zero-order chi connectivity index (χ0) is 13.8. The molecule has 0 radical (unpaired) electrons. The van der Waals surface area contributed by atoms with Gasteiger partial charge in [0.1, 0.15) is 6.29 Å². The minimum Gasteiger partial charge on any atom is -0.302 e. The van der Waals surface area contributed by atoms with Gasteiger partial charge < -0.3 is 4.79 Å². The van der Waals surface area contributed by atoms with Crippen molar-refractivity contribution in [2.24, 2.45) is 0 Å². The maximum atomic E-state index is 11.2. The van der Waals surface area contributed by atoms with Crippen LogP contribution in [0.25, 0.3) is 0 Å². The first-order valence-corrected chi connectivity index (χ1v) is 7.52. The van der Waals surface area contributed by atoms with E-state index in [-0.39, 0.29) is 6.04 Å². The van der Waals surface area contributed by atoms with E-state index in [1.807, 2.05) is 4.68 Å². The lowest BCUT2D eigenvalue weighted by atomic mass is 10.0. The van der Waals surface area contributed by atoms with Crippen LogP contribution < -0.4 is 0 Å². The highest BCUT2D eigenvalue weighted by Crippen LogP contribution is 2.25. The number of carbonyl (C=O) groups excluding carboxylic acids is 1. The third kappa shape index (κ3) is 3.00. The lowest BCUT2D eigenvalue weighted by Gasteiger charge is -2.32. The summed E-state index contributed by atoms with van der Waals surface area (Å²) >= 11 is 6.42. The van der Waals surface area contributed by atoms with Crippen LogP contribution >= 0.6 is 11.6 Å². The summed E-state index contributed by atoms with van der Waals surface area (Å²) in [5, 5.41) is 5.31. The lowest BCUT2D eigenvalue weighted by Crippen LogP contribution is -2.40. The van der Waals surface area contributed by atoms with E-state index >= 15 is 0 Å². The highest BCUT2D eigenvalue weighted by molar-refractivity contribution is 6.31. The van der Waals surface area contributed by atoms with E-state index in [0.717, 1.165) is 68.0 Å². The molecule has 1 aliphatic heterocycles. The number of piperidine rings is 1. The molecular formula is C14H22ClN3O. The van der Waals surface area contributed by atoms with Gasteiger partial charge in [-0.15, -0.1) is 0 Å². The van der Waals surface area contributed by atoms with Crippen molar-refractivity contribution in [2.75, 3.05) is 6.54 Å². The maximum Gasteiger partial charge on any atom is 0.137 e. The van der Waals surface area contributed by atoms with Gasteiger partial charge in [0.2, 0.25) is 0 Å². The number of aryl methyl sites for hydroxylation is 2. The summed E-state index contributed by atoms with van der Waals surface area (Å²) in [7, 11) is 0. The van der Waals surface area contributed by atoms with Crippen LogP contribution in [0.1, 0.15) is 44.5 Å². The summed E-state index contributed by atoms with van der Waals surface area (Å²) in [6.07, 6.45) is 5.17. The van der Waals surface area contributed by atoms with Crippen molar-refractivity contribution in [1.82, 2.24) is 14.7 Å². The molecule has 0 spiro atoms. The minimum atomic E-state index is 0.0371. The summed E-state index contributed by atoms with van der Waals surface area (Å²) in [6.45, 7) is 6.64. The normalized spacial score (nSPS) is 20.7. The molecule has 2 rings (SSSR count). The zero-order valence-electron chi connectivity index (χ0n) is 11.7. The van der Waals surface area contributed by atoms with Crippen molar-refractivity contribution in [3.8, 4) is 0 Å². The van der Waals surface area contributed by atoms with E-state index in [1.165, 1.54) is 0 Å². The molecule has 106 valence electrons. The number of rotatable bonds is 5. The average molecular weight is 284 g/mol. The van der Waals surface area contributed by atoms with Gasteiger partial charge in [0, 0.05) is 13.1 Å². The predicted molar refractivity (Wildman–Crippen MR) is 76.4 cm³/mol. The molecule has 0 bridgehead atoms. The molecule has 0 N–H and O–H groups in total. The van der Waals surface area contributed by atoms with Crippen LogP contribution in [0.3, 0.4) is 0 Å². The first kappa shape index (κ1) is 14.5. The van der Waals surface area contributed by atoms with E-state index in [1.54, 1.807) is 0 Å². The maximum absolute atomic E-state index is 11.2. The monoisotopic (exact) mass is 283 g/mol. The van der Waals surface area contributed by atoms with Crippen molar-refractivity contribution in [3.63, 3.8) is 0 Å². The Hall–Kier alpha value is -0.870. The Bertz CT molecular complexity index is 444. The molecule has 1 aliphatic rings. The first-order valence-electron chi connectivity index (χ1n) is 7.14. The molecule has 0 aliphatic carbocycles. The summed E-state index contributed by atoms with van der Waals surface area (Å²) < 4.78 is 1.97. The third-order valence-corrected chi connectivity index (χ3v) is 4.30. The van der Waals surface area contributed by atoms with Crippen LogP contribution in [0, 0.1) is 0 Å². The number of aromatic nitrogens is 2. The highest BCUT2D eigenvalue weighted by Gasteiger charge is 2.25. The van der Waals surface area contributed by atoms with E-state index in [4.69, 9.17) is 11.6 Å². The molecule has 0 amide bonds. The molecule has 1 atom stereocenters. The topological polar surface area (TPSA) is 38.1 Å². The average Bonchev–Trinajstić information content (AvgIpc) is 2.76. The molecule has 1 aromatic rings. The van der Waals surface area contributed by atoms with Gasteiger partial charge in [-0.2, -0.15) is 5.10 Å². The molecule has 2 heterocycles. The zero-order valence-corrected chi connectivity index (χ0v) is 12.5. The molecule has 4 nitrogen and oxygen atoms in total. The fraction of sp³-hybridized carbons (Fsp3) is 0.714.